The molecular formula is C53H76N8O11. The number of esters is 1. The van der Waals surface area contributed by atoms with Gasteiger partial charge in [-0.15, -0.1) is 0 Å². The maximum absolute atomic E-state index is 15.0. The SMILES string of the molecule is CCC(=O)NC1C(=O)N[C@H](Cc2ccccc2)C(=O)NC(CC(C)C)C(=O)N[C@H](C(C)C)C(=O)N2CCC[C@@H]2C(=O)NC(CC(C)C)C(=O)N(C)[C@H](Cc2ccc(O)cc2)C(=O)N2CCC[C@H]2C(=O)O[C@H]1C. The summed E-state index contributed by atoms with van der Waals surface area (Å²) >= 11 is 0. The molecule has 0 aliphatic carbocycles. The Hall–Kier alpha value is -6.53. The molecule has 2 aromatic carbocycles. The summed E-state index contributed by atoms with van der Waals surface area (Å²) in [6.07, 6.45) is 0.208. The van der Waals surface area contributed by atoms with E-state index in [2.05, 4.69) is 26.6 Å². The zero-order chi connectivity index (χ0) is 53.0. The first kappa shape index (κ1) is 56.4. The number of aromatic hydroxyl groups is 1. The standard InChI is InChI=1S/C53H76N8O11/c1-10-43(63)57-45-33(8)72-53(71)41-19-15-25-61(41)51(69)42(29-35-20-22-36(62)23-21-35)59(9)50(68)39(27-31(4)5)56-48(66)40-18-14-24-60(40)52(70)44(32(6)7)58-47(65)37(26-30(2)3)54-46(64)38(55-49(45)67)28-34-16-12-11-13-17-34/h11-13,16-17,20-23,30-33,37-42,44-45,62H,10,14-15,18-19,24-29H2,1-9H3,(H,54,64)(H,55,67)(H,56,66)(H,57,63)(H,58,65)/t33-,37?,38+,39?,40+,41-,42+,44+,45?/m0/s1. The van der Waals surface area contributed by atoms with Gasteiger partial charge in [0, 0.05) is 39.4 Å². The molecule has 0 aromatic heterocycles. The molecule has 72 heavy (non-hydrogen) atoms. The molecule has 2 aromatic rings. The van der Waals surface area contributed by atoms with Crippen molar-refractivity contribution in [2.45, 2.75) is 168 Å². The number of rotatable bonds is 11. The molecule has 3 heterocycles. The number of likely N-dealkylation sites (N-methyl/N-ethyl adjacent to an activating group) is 1. The van der Waals surface area contributed by atoms with E-state index in [-0.39, 0.29) is 75.6 Å². The Labute approximate surface area is 423 Å². The molecular weight excluding hydrogens is 925 g/mol. The van der Waals surface area contributed by atoms with Crippen LogP contribution in [0.5, 0.6) is 5.75 Å². The van der Waals surface area contributed by atoms with Crippen molar-refractivity contribution in [3.05, 3.63) is 65.7 Å². The number of phenols is 1. The Morgan fingerprint density at radius 2 is 1.21 bits per heavy atom. The first-order valence-corrected chi connectivity index (χ1v) is 25.5. The number of ether oxygens (including phenoxy) is 1. The van der Waals surface area contributed by atoms with Gasteiger partial charge in [0.25, 0.3) is 0 Å². The molecule has 3 aliphatic rings. The summed E-state index contributed by atoms with van der Waals surface area (Å²) in [7, 11) is 1.46. The lowest BCUT2D eigenvalue weighted by atomic mass is 9.98. The fraction of sp³-hybridized carbons (Fsp3) is 0.604. The number of carbonyl (C=O) groups is 9. The van der Waals surface area contributed by atoms with Gasteiger partial charge in [-0.1, -0.05) is 90.9 Å². The molecule has 5 rings (SSSR count). The fourth-order valence-electron chi connectivity index (χ4n) is 9.62. The highest BCUT2D eigenvalue weighted by Gasteiger charge is 2.45. The number of fused-ring (bicyclic) bond motifs is 2. The smallest absolute Gasteiger partial charge is 0.329 e. The summed E-state index contributed by atoms with van der Waals surface area (Å²) in [5.74, 6) is -6.64. The van der Waals surface area contributed by atoms with Gasteiger partial charge >= 0.3 is 5.97 Å². The van der Waals surface area contributed by atoms with Crippen molar-refractivity contribution in [3.63, 3.8) is 0 Å². The number of benzene rings is 2. The highest BCUT2D eigenvalue weighted by atomic mass is 16.5. The second-order valence-corrected chi connectivity index (χ2v) is 20.6. The Morgan fingerprint density at radius 1 is 0.667 bits per heavy atom. The highest BCUT2D eigenvalue weighted by molar-refractivity contribution is 5.98. The fourth-order valence-corrected chi connectivity index (χ4v) is 9.62. The van der Waals surface area contributed by atoms with Crippen LogP contribution in [0, 0.1) is 17.8 Å². The van der Waals surface area contributed by atoms with Gasteiger partial charge < -0.3 is 51.1 Å². The second-order valence-electron chi connectivity index (χ2n) is 20.6. The van der Waals surface area contributed by atoms with Gasteiger partial charge in [-0.25, -0.2) is 4.79 Å². The summed E-state index contributed by atoms with van der Waals surface area (Å²) < 4.78 is 5.96. The van der Waals surface area contributed by atoms with E-state index in [9.17, 15) is 48.3 Å². The van der Waals surface area contributed by atoms with Gasteiger partial charge in [-0.2, -0.15) is 0 Å². The summed E-state index contributed by atoms with van der Waals surface area (Å²) in [5, 5.41) is 24.1. The van der Waals surface area contributed by atoms with Crippen molar-refractivity contribution in [2.24, 2.45) is 17.8 Å². The monoisotopic (exact) mass is 1000 g/mol. The van der Waals surface area contributed by atoms with Gasteiger partial charge in [0.05, 0.1) is 0 Å². The largest absolute Gasteiger partial charge is 0.508 e. The minimum absolute atomic E-state index is 0.0103. The molecule has 19 heteroatoms. The van der Waals surface area contributed by atoms with E-state index in [1.807, 2.05) is 27.7 Å². The molecule has 3 fully saturated rings. The van der Waals surface area contributed by atoms with E-state index in [0.717, 1.165) is 0 Å². The van der Waals surface area contributed by atoms with Crippen LogP contribution in [0.3, 0.4) is 0 Å². The predicted octanol–water partition coefficient (Wildman–Crippen LogP) is 2.51. The number of cyclic esters (lactones) is 1. The average Bonchev–Trinajstić information content (AvgIpc) is 4.04. The highest BCUT2D eigenvalue weighted by Crippen LogP contribution is 2.26. The van der Waals surface area contributed by atoms with Crippen LogP contribution in [0.4, 0.5) is 0 Å². The lowest BCUT2D eigenvalue weighted by Gasteiger charge is -2.36. The van der Waals surface area contributed by atoms with Crippen LogP contribution in [-0.4, -0.2) is 148 Å². The minimum atomic E-state index is -1.52. The van der Waals surface area contributed by atoms with E-state index in [0.29, 0.717) is 24.0 Å². The molecule has 0 bridgehead atoms. The van der Waals surface area contributed by atoms with Crippen LogP contribution >= 0.6 is 0 Å². The zero-order valence-electron chi connectivity index (χ0n) is 43.3. The third-order valence-corrected chi connectivity index (χ3v) is 13.6. The average molecular weight is 1000 g/mol. The second kappa shape index (κ2) is 25.7. The first-order valence-electron chi connectivity index (χ1n) is 25.5. The number of hydrogen-bond donors (Lipinski definition) is 6. The van der Waals surface area contributed by atoms with Crippen LogP contribution in [-0.2, 0) is 60.7 Å². The van der Waals surface area contributed by atoms with Gasteiger partial charge in [-0.05, 0) is 86.5 Å². The predicted molar refractivity (Wildman–Crippen MR) is 267 cm³/mol. The number of nitrogens with zero attached hydrogens (tertiary/aromatic N) is 3. The number of phenolic OH excluding ortho intramolecular Hbond substituents is 1. The number of nitrogens with one attached hydrogen (secondary N) is 5. The van der Waals surface area contributed by atoms with Gasteiger partial charge in [0.15, 0.2) is 0 Å². The normalized spacial score (nSPS) is 26.8. The Balaban J connectivity index is 1.61. The van der Waals surface area contributed by atoms with Crippen LogP contribution < -0.4 is 26.6 Å². The Morgan fingerprint density at radius 3 is 1.81 bits per heavy atom. The number of amides is 8. The third-order valence-electron chi connectivity index (χ3n) is 13.6. The number of hydrogen-bond acceptors (Lipinski definition) is 11. The molecule has 0 spiro atoms. The molecule has 9 atom stereocenters. The maximum Gasteiger partial charge on any atom is 0.329 e. The van der Waals surface area contributed by atoms with Crippen LogP contribution in [0.15, 0.2) is 54.6 Å². The molecule has 6 N–H and O–H groups in total. The minimum Gasteiger partial charge on any atom is -0.508 e. The Bertz CT molecular complexity index is 2260. The lowest BCUT2D eigenvalue weighted by Crippen LogP contribution is -2.61. The van der Waals surface area contributed by atoms with Crippen LogP contribution in [0.25, 0.3) is 0 Å². The summed E-state index contributed by atoms with van der Waals surface area (Å²) in [6, 6.07) is 5.34. The van der Waals surface area contributed by atoms with Crippen molar-refractivity contribution in [2.75, 3.05) is 20.1 Å². The molecule has 0 saturated carbocycles. The molecule has 19 nitrogen and oxygen atoms in total. The van der Waals surface area contributed by atoms with Gasteiger partial charge in [-0.3, -0.25) is 38.4 Å². The van der Waals surface area contributed by atoms with Crippen molar-refractivity contribution in [1.82, 2.24) is 41.3 Å². The quantitative estimate of drug-likeness (QED) is 0.179. The van der Waals surface area contributed by atoms with E-state index >= 15 is 0 Å². The molecule has 8 amide bonds. The Kier molecular flexibility index (Phi) is 20.1. The van der Waals surface area contributed by atoms with Crippen LogP contribution in [0.2, 0.25) is 0 Å². The molecule has 0 radical (unpaired) electrons. The van der Waals surface area contributed by atoms with E-state index in [1.165, 1.54) is 40.8 Å². The first-order chi connectivity index (χ1) is 34.1. The third kappa shape index (κ3) is 14.8. The summed E-state index contributed by atoms with van der Waals surface area (Å²) in [4.78, 5) is 134. The van der Waals surface area contributed by atoms with E-state index in [4.69, 9.17) is 4.74 Å². The van der Waals surface area contributed by atoms with Crippen molar-refractivity contribution in [3.8, 4) is 5.75 Å². The maximum atomic E-state index is 15.0. The summed E-state index contributed by atoms with van der Waals surface area (Å²) in [6.45, 7) is 14.3. The van der Waals surface area contributed by atoms with Crippen LogP contribution in [0.1, 0.15) is 111 Å². The number of carbonyl (C=O) groups excluding carboxylic acids is 9. The molecule has 3 unspecified atom stereocenters. The van der Waals surface area contributed by atoms with Gasteiger partial charge in [0.2, 0.25) is 47.3 Å². The van der Waals surface area contributed by atoms with E-state index < -0.39 is 114 Å². The zero-order valence-corrected chi connectivity index (χ0v) is 43.3. The molecule has 394 valence electrons. The van der Waals surface area contributed by atoms with Crippen molar-refractivity contribution < 1.29 is 53.0 Å². The molecule has 3 saturated heterocycles. The van der Waals surface area contributed by atoms with Crippen molar-refractivity contribution in [1.29, 1.82) is 0 Å². The van der Waals surface area contributed by atoms with Gasteiger partial charge in [0.1, 0.15) is 60.2 Å². The van der Waals surface area contributed by atoms with Crippen molar-refractivity contribution >= 4 is 53.2 Å². The molecule has 3 aliphatic heterocycles. The lowest BCUT2D eigenvalue weighted by molar-refractivity contribution is -0.161. The topological polar surface area (TPSA) is 253 Å². The summed E-state index contributed by atoms with van der Waals surface area (Å²) in [5.41, 5.74) is 1.25. The van der Waals surface area contributed by atoms with E-state index in [1.54, 1.807) is 63.2 Å².